The third kappa shape index (κ3) is 4.09. The number of H-pyrrole nitrogens is 1. The molecule has 24 heavy (non-hydrogen) atoms. The highest BCUT2D eigenvalue weighted by Gasteiger charge is 2.26. The van der Waals surface area contributed by atoms with E-state index in [1.165, 1.54) is 18.7 Å². The van der Waals surface area contributed by atoms with Crippen LogP contribution in [0.5, 0.6) is 0 Å². The summed E-state index contributed by atoms with van der Waals surface area (Å²) in [5.41, 5.74) is 1.38. The van der Waals surface area contributed by atoms with Gasteiger partial charge in [0.25, 0.3) is 0 Å². The van der Waals surface area contributed by atoms with E-state index in [0.717, 1.165) is 10.9 Å². The van der Waals surface area contributed by atoms with Gasteiger partial charge in [-0.1, -0.05) is 18.2 Å². The number of aliphatic carboxylic acids is 1. The predicted octanol–water partition coefficient (Wildman–Crippen LogP) is 0.543. The van der Waals surface area contributed by atoms with E-state index in [9.17, 15) is 19.5 Å². The molecule has 0 saturated heterocycles. The molecule has 8 heteroatoms. The minimum Gasteiger partial charge on any atom is -0.480 e. The van der Waals surface area contributed by atoms with Gasteiger partial charge in [0.05, 0.1) is 17.6 Å². The minimum atomic E-state index is -1.10. The maximum absolute atomic E-state index is 12.6. The Morgan fingerprint density at radius 3 is 2.71 bits per heavy atom. The van der Waals surface area contributed by atoms with Gasteiger partial charge in [-0.2, -0.15) is 5.10 Å². The molecule has 1 atom stereocenters. The fraction of sp³-hybridized carbons (Fsp3) is 0.375. The molecule has 1 aromatic carbocycles. The van der Waals surface area contributed by atoms with Crippen molar-refractivity contribution in [2.24, 2.45) is 0 Å². The summed E-state index contributed by atoms with van der Waals surface area (Å²) in [5.74, 6) is -1.67. The van der Waals surface area contributed by atoms with E-state index >= 15 is 0 Å². The van der Waals surface area contributed by atoms with Gasteiger partial charge < -0.3 is 15.3 Å². The largest absolute Gasteiger partial charge is 0.480 e. The average Bonchev–Trinajstić information content (AvgIpc) is 2.93. The van der Waals surface area contributed by atoms with Crippen LogP contribution in [0.1, 0.15) is 19.5 Å². The van der Waals surface area contributed by atoms with Crippen molar-refractivity contribution in [1.82, 2.24) is 20.4 Å². The van der Waals surface area contributed by atoms with Gasteiger partial charge in [0.15, 0.2) is 0 Å². The van der Waals surface area contributed by atoms with Crippen molar-refractivity contribution in [3.63, 3.8) is 0 Å². The van der Waals surface area contributed by atoms with Gasteiger partial charge in [0.2, 0.25) is 11.8 Å². The van der Waals surface area contributed by atoms with Crippen LogP contribution in [-0.4, -0.2) is 57.1 Å². The molecule has 3 N–H and O–H groups in total. The summed E-state index contributed by atoms with van der Waals surface area (Å²) in [7, 11) is 0. The maximum atomic E-state index is 12.6. The number of para-hydroxylation sites is 1. The molecule has 1 unspecified atom stereocenters. The summed E-state index contributed by atoms with van der Waals surface area (Å²) in [4.78, 5) is 36.0. The van der Waals surface area contributed by atoms with Gasteiger partial charge in [-0.05, 0) is 13.0 Å². The van der Waals surface area contributed by atoms with Gasteiger partial charge in [-0.15, -0.1) is 0 Å². The molecule has 0 radical (unpaired) electrons. The van der Waals surface area contributed by atoms with Crippen molar-refractivity contribution in [3.8, 4) is 0 Å². The molecule has 8 nitrogen and oxygen atoms in total. The number of amides is 2. The molecule has 0 fully saturated rings. The van der Waals surface area contributed by atoms with Gasteiger partial charge >= 0.3 is 5.97 Å². The maximum Gasteiger partial charge on any atom is 0.326 e. The molecule has 0 saturated carbocycles. The Balaban J connectivity index is 2.14. The number of carboxylic acid groups (broad SMARTS) is 1. The Morgan fingerprint density at radius 2 is 2.04 bits per heavy atom. The summed E-state index contributed by atoms with van der Waals surface area (Å²) in [6, 6.07) is 6.39. The van der Waals surface area contributed by atoms with E-state index in [1.807, 2.05) is 24.3 Å². The number of nitrogens with zero attached hydrogens (tertiary/aromatic N) is 2. The van der Waals surface area contributed by atoms with Crippen LogP contribution in [0, 0.1) is 0 Å². The zero-order chi connectivity index (χ0) is 17.7. The molecule has 1 heterocycles. The zero-order valence-corrected chi connectivity index (χ0v) is 13.6. The zero-order valence-electron chi connectivity index (χ0n) is 13.6. The molecule has 128 valence electrons. The van der Waals surface area contributed by atoms with Crippen LogP contribution < -0.4 is 5.32 Å². The highest BCUT2D eigenvalue weighted by Crippen LogP contribution is 2.16. The molecule has 0 bridgehead atoms. The Morgan fingerprint density at radius 1 is 1.33 bits per heavy atom. The Bertz CT molecular complexity index is 755. The molecule has 0 aliphatic heterocycles. The number of carbonyl (C=O) groups excluding carboxylic acids is 2. The molecule has 2 rings (SSSR count). The second kappa shape index (κ2) is 7.58. The molecule has 0 spiro atoms. The molecular weight excluding hydrogens is 312 g/mol. The number of hydrogen-bond acceptors (Lipinski definition) is 4. The highest BCUT2D eigenvalue weighted by molar-refractivity contribution is 5.89. The lowest BCUT2D eigenvalue weighted by Crippen LogP contribution is -2.47. The van der Waals surface area contributed by atoms with Crippen LogP contribution in [0.4, 0.5) is 0 Å². The number of aromatic amines is 1. The number of carboxylic acids is 1. The van der Waals surface area contributed by atoms with Crippen molar-refractivity contribution < 1.29 is 19.5 Å². The second-order valence-corrected chi connectivity index (χ2v) is 5.48. The topological polar surface area (TPSA) is 115 Å². The van der Waals surface area contributed by atoms with Crippen molar-refractivity contribution in [2.45, 2.75) is 26.3 Å². The summed E-state index contributed by atoms with van der Waals surface area (Å²) >= 11 is 0. The second-order valence-electron chi connectivity index (χ2n) is 5.48. The Kier molecular flexibility index (Phi) is 5.51. The monoisotopic (exact) mass is 332 g/mol. The van der Waals surface area contributed by atoms with E-state index in [-0.39, 0.29) is 31.3 Å². The molecule has 2 amide bonds. The smallest absolute Gasteiger partial charge is 0.326 e. The summed E-state index contributed by atoms with van der Waals surface area (Å²) in [6.07, 6.45) is 0.0121. The van der Waals surface area contributed by atoms with Gasteiger partial charge in [-0.3, -0.25) is 14.7 Å². The van der Waals surface area contributed by atoms with Crippen molar-refractivity contribution in [2.75, 3.05) is 13.1 Å². The molecule has 1 aromatic heterocycles. The number of fused-ring (bicyclic) bond motifs is 1. The fourth-order valence-electron chi connectivity index (χ4n) is 2.42. The van der Waals surface area contributed by atoms with E-state index in [1.54, 1.807) is 0 Å². The number of aromatic nitrogens is 2. The van der Waals surface area contributed by atoms with Gasteiger partial charge in [0, 0.05) is 25.4 Å². The first kappa shape index (κ1) is 17.5. The van der Waals surface area contributed by atoms with E-state index in [0.29, 0.717) is 5.69 Å². The Hall–Kier alpha value is -2.90. The van der Waals surface area contributed by atoms with E-state index < -0.39 is 12.0 Å². The van der Waals surface area contributed by atoms with Crippen LogP contribution in [0.2, 0.25) is 0 Å². The average molecular weight is 332 g/mol. The third-order valence-electron chi connectivity index (χ3n) is 3.74. The van der Waals surface area contributed by atoms with Crippen LogP contribution in [0.3, 0.4) is 0 Å². The quantitative estimate of drug-likeness (QED) is 0.684. The lowest BCUT2D eigenvalue weighted by Gasteiger charge is -2.26. The summed E-state index contributed by atoms with van der Waals surface area (Å²) < 4.78 is 0. The lowest BCUT2D eigenvalue weighted by atomic mass is 10.1. The first-order valence-corrected chi connectivity index (χ1v) is 7.59. The number of benzene rings is 1. The van der Waals surface area contributed by atoms with Crippen LogP contribution >= 0.6 is 0 Å². The lowest BCUT2D eigenvalue weighted by molar-refractivity contribution is -0.149. The van der Waals surface area contributed by atoms with Gasteiger partial charge in [-0.25, -0.2) is 4.79 Å². The van der Waals surface area contributed by atoms with E-state index in [2.05, 4.69) is 15.5 Å². The number of nitrogens with one attached hydrogen (secondary N) is 2. The van der Waals surface area contributed by atoms with Crippen molar-refractivity contribution >= 4 is 28.7 Å². The van der Waals surface area contributed by atoms with Gasteiger partial charge in [0.1, 0.15) is 6.04 Å². The third-order valence-corrected chi connectivity index (χ3v) is 3.74. The highest BCUT2D eigenvalue weighted by atomic mass is 16.4. The van der Waals surface area contributed by atoms with Crippen molar-refractivity contribution in [3.05, 3.63) is 30.0 Å². The summed E-state index contributed by atoms with van der Waals surface area (Å²) in [6.45, 7) is 3.13. The number of carbonyl (C=O) groups is 3. The SMILES string of the molecule is CC(=O)NCCN(C(=O)Cc1[nH]nc2ccccc12)C(C)C(=O)O. The molecular formula is C16H20N4O4. The first-order valence-electron chi connectivity index (χ1n) is 7.59. The number of hydrogen-bond donors (Lipinski definition) is 3. The summed E-state index contributed by atoms with van der Waals surface area (Å²) in [5, 5.41) is 19.6. The first-order chi connectivity index (χ1) is 11.4. The minimum absolute atomic E-state index is 0.0121. The van der Waals surface area contributed by atoms with Crippen LogP contribution in [0.15, 0.2) is 24.3 Å². The van der Waals surface area contributed by atoms with Crippen LogP contribution in [0.25, 0.3) is 10.9 Å². The van der Waals surface area contributed by atoms with E-state index in [4.69, 9.17) is 0 Å². The fourth-order valence-corrected chi connectivity index (χ4v) is 2.42. The molecule has 0 aliphatic rings. The molecule has 0 aliphatic carbocycles. The Labute approximate surface area is 138 Å². The molecule has 2 aromatic rings. The standard InChI is InChI=1S/C16H20N4O4/c1-10(16(23)24)20(8-7-17-11(2)21)15(22)9-14-12-5-3-4-6-13(12)18-19-14/h3-6,10H,7-9H2,1-2H3,(H,17,21)(H,18,19)(H,23,24). The number of rotatable bonds is 7. The predicted molar refractivity (Wildman–Crippen MR) is 87.3 cm³/mol. The van der Waals surface area contributed by atoms with Crippen molar-refractivity contribution in [1.29, 1.82) is 0 Å². The van der Waals surface area contributed by atoms with Crippen LogP contribution in [-0.2, 0) is 20.8 Å². The normalized spacial score (nSPS) is 11.9.